The van der Waals surface area contributed by atoms with Gasteiger partial charge in [-0.15, -0.1) is 0 Å². The molecular weight excluding hydrogens is 594 g/mol. The molecule has 0 aromatic heterocycles. The maximum absolute atomic E-state index is 14.5. The van der Waals surface area contributed by atoms with Crippen molar-refractivity contribution >= 4 is 39.1 Å². The van der Waals surface area contributed by atoms with E-state index < -0.39 is 28.5 Å². The summed E-state index contributed by atoms with van der Waals surface area (Å²) in [5.41, 5.74) is 2.87. The minimum absolute atomic E-state index is 0.0216. The molecule has 2 atom stereocenters. The molecule has 0 fully saturated rings. The molecule has 0 bridgehead atoms. The summed E-state index contributed by atoms with van der Waals surface area (Å²) in [7, 11) is -4.21. The highest BCUT2D eigenvalue weighted by molar-refractivity contribution is 7.92. The fourth-order valence-corrected chi connectivity index (χ4v) is 6.63. The van der Waals surface area contributed by atoms with Gasteiger partial charge in [0.1, 0.15) is 12.6 Å². The molecule has 0 spiro atoms. The molecule has 0 aliphatic rings. The van der Waals surface area contributed by atoms with Crippen LogP contribution in [0.2, 0.25) is 5.02 Å². The Hall–Kier alpha value is -4.14. The second kappa shape index (κ2) is 15.0. The van der Waals surface area contributed by atoms with Crippen molar-refractivity contribution in [1.29, 1.82) is 0 Å². The first kappa shape index (κ1) is 32.8. The van der Waals surface area contributed by atoms with Gasteiger partial charge in [-0.3, -0.25) is 13.9 Å². The number of anilines is 1. The van der Waals surface area contributed by atoms with Crippen LogP contribution >= 0.6 is 11.6 Å². The largest absolute Gasteiger partial charge is 0.352 e. The van der Waals surface area contributed by atoms with Crippen LogP contribution in [0, 0.1) is 6.92 Å². The van der Waals surface area contributed by atoms with Crippen LogP contribution < -0.4 is 9.62 Å². The molecule has 0 saturated heterocycles. The van der Waals surface area contributed by atoms with Gasteiger partial charge >= 0.3 is 0 Å². The minimum atomic E-state index is -4.21. The summed E-state index contributed by atoms with van der Waals surface area (Å²) in [6.07, 6.45) is 0.962. The number of nitrogens with one attached hydrogen (secondary N) is 1. The summed E-state index contributed by atoms with van der Waals surface area (Å²) >= 11 is 6.52. The lowest BCUT2D eigenvalue weighted by Gasteiger charge is -2.34. The zero-order chi connectivity index (χ0) is 31.7. The fourth-order valence-electron chi connectivity index (χ4n) is 4.89. The molecular formula is C35H38ClN3O4S. The topological polar surface area (TPSA) is 86.8 Å². The van der Waals surface area contributed by atoms with E-state index in [2.05, 4.69) is 5.32 Å². The Morgan fingerprint density at radius 3 is 2.09 bits per heavy atom. The number of benzene rings is 4. The summed E-state index contributed by atoms with van der Waals surface area (Å²) in [5.74, 6) is -0.842. The summed E-state index contributed by atoms with van der Waals surface area (Å²) < 4.78 is 29.1. The van der Waals surface area contributed by atoms with Gasteiger partial charge in [0.15, 0.2) is 0 Å². The molecule has 2 amide bonds. The smallest absolute Gasteiger partial charge is 0.264 e. The fraction of sp³-hybridized carbons (Fsp3) is 0.257. The Morgan fingerprint density at radius 1 is 0.841 bits per heavy atom. The van der Waals surface area contributed by atoms with Gasteiger partial charge in [0.2, 0.25) is 11.8 Å². The monoisotopic (exact) mass is 631 g/mol. The summed E-state index contributed by atoms with van der Waals surface area (Å²) in [4.78, 5) is 29.9. The number of aryl methyl sites for hydroxylation is 1. The van der Waals surface area contributed by atoms with E-state index in [1.807, 2.05) is 75.4 Å². The van der Waals surface area contributed by atoms with E-state index in [0.717, 1.165) is 21.0 Å². The number of sulfonamides is 1. The molecule has 230 valence electrons. The van der Waals surface area contributed by atoms with Gasteiger partial charge in [0.25, 0.3) is 10.0 Å². The zero-order valence-corrected chi connectivity index (χ0v) is 26.8. The molecule has 0 heterocycles. The van der Waals surface area contributed by atoms with Crippen molar-refractivity contribution in [2.75, 3.05) is 10.8 Å². The van der Waals surface area contributed by atoms with E-state index >= 15 is 0 Å². The van der Waals surface area contributed by atoms with Crippen LogP contribution in [0.4, 0.5) is 5.69 Å². The number of carbonyl (C=O) groups excluding carboxylic acids is 2. The first-order chi connectivity index (χ1) is 21.1. The van der Waals surface area contributed by atoms with Gasteiger partial charge < -0.3 is 10.2 Å². The second-order valence-corrected chi connectivity index (χ2v) is 13.1. The third-order valence-corrected chi connectivity index (χ3v) is 9.53. The number of carbonyl (C=O) groups is 2. The second-order valence-electron chi connectivity index (χ2n) is 10.8. The number of halogens is 1. The predicted octanol–water partition coefficient (Wildman–Crippen LogP) is 6.40. The molecule has 0 aliphatic heterocycles. The van der Waals surface area contributed by atoms with Gasteiger partial charge in [-0.2, -0.15) is 0 Å². The summed E-state index contributed by atoms with van der Waals surface area (Å²) in [5, 5.41) is 3.23. The van der Waals surface area contributed by atoms with E-state index in [9.17, 15) is 18.0 Å². The van der Waals surface area contributed by atoms with Crippen LogP contribution in [-0.4, -0.2) is 43.8 Å². The third kappa shape index (κ3) is 8.27. The lowest BCUT2D eigenvalue weighted by molar-refractivity contribution is -0.140. The van der Waals surface area contributed by atoms with Crippen molar-refractivity contribution in [3.63, 3.8) is 0 Å². The minimum Gasteiger partial charge on any atom is -0.352 e. The Morgan fingerprint density at radius 2 is 1.45 bits per heavy atom. The third-order valence-electron chi connectivity index (χ3n) is 7.44. The van der Waals surface area contributed by atoms with Crippen molar-refractivity contribution in [2.45, 2.75) is 57.1 Å². The number of hydrogen-bond donors (Lipinski definition) is 1. The van der Waals surface area contributed by atoms with E-state index in [0.29, 0.717) is 6.42 Å². The van der Waals surface area contributed by atoms with Gasteiger partial charge in [0.05, 0.1) is 15.6 Å². The number of hydrogen-bond acceptors (Lipinski definition) is 4. The average Bonchev–Trinajstić information content (AvgIpc) is 3.02. The maximum Gasteiger partial charge on any atom is 0.264 e. The van der Waals surface area contributed by atoms with E-state index in [-0.39, 0.29) is 40.5 Å². The van der Waals surface area contributed by atoms with E-state index in [1.165, 1.54) is 17.0 Å². The first-order valence-electron chi connectivity index (χ1n) is 14.6. The Balaban J connectivity index is 1.81. The number of amides is 2. The molecule has 9 heteroatoms. The van der Waals surface area contributed by atoms with Gasteiger partial charge in [-0.05, 0) is 55.7 Å². The van der Waals surface area contributed by atoms with Crippen LogP contribution in [0.25, 0.3) is 0 Å². The van der Waals surface area contributed by atoms with Gasteiger partial charge in [-0.25, -0.2) is 8.42 Å². The van der Waals surface area contributed by atoms with Crippen LogP contribution in [-0.2, 0) is 32.6 Å². The quantitative estimate of drug-likeness (QED) is 0.185. The van der Waals surface area contributed by atoms with E-state index in [4.69, 9.17) is 11.6 Å². The number of nitrogens with zero attached hydrogens (tertiary/aromatic N) is 2. The van der Waals surface area contributed by atoms with Crippen LogP contribution in [0.15, 0.2) is 114 Å². The Bertz CT molecular complexity index is 1670. The summed E-state index contributed by atoms with van der Waals surface area (Å²) in [6, 6.07) is 30.6. The van der Waals surface area contributed by atoms with Gasteiger partial charge in [-0.1, -0.05) is 109 Å². The maximum atomic E-state index is 14.5. The van der Waals surface area contributed by atoms with Crippen molar-refractivity contribution in [2.24, 2.45) is 0 Å². The molecule has 4 rings (SSSR count). The molecule has 0 unspecified atom stereocenters. The standard InChI is InChI=1S/C35H38ClN3O4S/c1-4-27(3)37-35(41)33(23-28-15-7-5-8-16-28)38(24-29-17-13-14-26(2)22-29)34(40)25-39(32-21-12-11-20-31(32)36)44(42,43)30-18-9-6-10-19-30/h5-22,27,33H,4,23-25H2,1-3H3,(H,37,41)/t27-,33+/m0/s1. The van der Waals surface area contributed by atoms with E-state index in [1.54, 1.807) is 42.5 Å². The summed E-state index contributed by atoms with van der Waals surface area (Å²) in [6.45, 7) is 5.39. The lowest BCUT2D eigenvalue weighted by atomic mass is 10.0. The van der Waals surface area contributed by atoms with Crippen molar-refractivity contribution < 1.29 is 18.0 Å². The average molecular weight is 632 g/mol. The SMILES string of the molecule is CC[C@H](C)NC(=O)[C@@H](Cc1ccccc1)N(Cc1cccc(C)c1)C(=O)CN(c1ccccc1Cl)S(=O)(=O)c1ccccc1. The van der Waals surface area contributed by atoms with Crippen molar-refractivity contribution in [3.8, 4) is 0 Å². The molecule has 0 radical (unpaired) electrons. The normalized spacial score (nSPS) is 12.6. The first-order valence-corrected chi connectivity index (χ1v) is 16.4. The van der Waals surface area contributed by atoms with Crippen molar-refractivity contribution in [1.82, 2.24) is 10.2 Å². The predicted molar refractivity (Wildman–Crippen MR) is 176 cm³/mol. The van der Waals surface area contributed by atoms with Gasteiger partial charge in [0, 0.05) is 19.0 Å². The van der Waals surface area contributed by atoms with Crippen LogP contribution in [0.3, 0.4) is 0 Å². The number of para-hydroxylation sites is 1. The molecule has 0 saturated carbocycles. The molecule has 4 aromatic carbocycles. The van der Waals surface area contributed by atoms with Crippen molar-refractivity contribution in [3.05, 3.63) is 131 Å². The molecule has 1 N–H and O–H groups in total. The molecule has 4 aromatic rings. The molecule has 44 heavy (non-hydrogen) atoms. The van der Waals surface area contributed by atoms with Crippen LogP contribution in [0.5, 0.6) is 0 Å². The highest BCUT2D eigenvalue weighted by atomic mass is 35.5. The highest BCUT2D eigenvalue weighted by Crippen LogP contribution is 2.31. The highest BCUT2D eigenvalue weighted by Gasteiger charge is 2.35. The number of rotatable bonds is 13. The Kier molecular flexibility index (Phi) is 11.2. The molecule has 0 aliphatic carbocycles. The molecule has 7 nitrogen and oxygen atoms in total. The zero-order valence-electron chi connectivity index (χ0n) is 25.2. The van der Waals surface area contributed by atoms with Crippen LogP contribution in [0.1, 0.15) is 37.0 Å². The lowest BCUT2D eigenvalue weighted by Crippen LogP contribution is -2.54. The Labute approximate surface area is 265 Å².